The fourth-order valence-electron chi connectivity index (χ4n) is 0.943. The molecule has 2 N–H and O–H groups in total. The minimum Gasteiger partial charge on any atom is -0.326 e. The van der Waals surface area contributed by atoms with Crippen LogP contribution in [0.15, 0.2) is 6.20 Å². The highest BCUT2D eigenvalue weighted by Crippen LogP contribution is 2.27. The van der Waals surface area contributed by atoms with Gasteiger partial charge in [-0.2, -0.15) is 0 Å². The Morgan fingerprint density at radius 3 is 2.54 bits per heavy atom. The maximum absolute atomic E-state index is 12.9. The van der Waals surface area contributed by atoms with Crippen molar-refractivity contribution in [2.75, 3.05) is 0 Å². The van der Waals surface area contributed by atoms with E-state index in [4.69, 9.17) is 5.73 Å². The molecule has 0 aliphatic heterocycles. The summed E-state index contributed by atoms with van der Waals surface area (Å²) >= 11 is 1.63. The Morgan fingerprint density at radius 2 is 2.15 bits per heavy atom. The van der Waals surface area contributed by atoms with Crippen LogP contribution in [0.5, 0.6) is 0 Å². The monoisotopic (exact) mass is 302 g/mol. The van der Waals surface area contributed by atoms with Gasteiger partial charge < -0.3 is 5.73 Å². The lowest BCUT2D eigenvalue weighted by Crippen LogP contribution is -2.08. The Kier molecular flexibility index (Phi) is 3.48. The first-order valence-corrected chi connectivity index (χ1v) is 4.46. The number of alkyl halides is 2. The molecule has 1 heterocycles. The molecule has 13 heavy (non-hydrogen) atoms. The van der Waals surface area contributed by atoms with Crippen molar-refractivity contribution in [1.82, 2.24) is 4.98 Å². The molecule has 0 unspecified atom stereocenters. The van der Waals surface area contributed by atoms with Gasteiger partial charge in [-0.25, -0.2) is 18.2 Å². The lowest BCUT2D eigenvalue weighted by atomic mass is 10.1. The van der Waals surface area contributed by atoms with E-state index in [1.165, 1.54) is 0 Å². The van der Waals surface area contributed by atoms with Gasteiger partial charge in [-0.1, -0.05) is 0 Å². The molecule has 1 aromatic rings. The second kappa shape index (κ2) is 4.23. The predicted molar refractivity (Wildman–Crippen MR) is 49.8 cm³/mol. The van der Waals surface area contributed by atoms with Crippen molar-refractivity contribution >= 4 is 22.6 Å². The largest absolute Gasteiger partial charge is 0.326 e. The SMILES string of the molecule is NCc1c(F)cnc(I)c1C(F)F. The first kappa shape index (κ1) is 10.7. The van der Waals surface area contributed by atoms with Crippen LogP contribution in [0.2, 0.25) is 0 Å². The van der Waals surface area contributed by atoms with Gasteiger partial charge >= 0.3 is 0 Å². The van der Waals surface area contributed by atoms with E-state index >= 15 is 0 Å². The molecule has 6 heteroatoms. The number of halogens is 4. The molecule has 72 valence electrons. The molecular formula is C7H6F3IN2. The average Bonchev–Trinajstić information content (AvgIpc) is 2.07. The third-order valence-electron chi connectivity index (χ3n) is 1.55. The maximum Gasteiger partial charge on any atom is 0.266 e. The van der Waals surface area contributed by atoms with Crippen LogP contribution >= 0.6 is 22.6 Å². The van der Waals surface area contributed by atoms with E-state index in [0.29, 0.717) is 0 Å². The lowest BCUT2D eigenvalue weighted by Gasteiger charge is -2.08. The number of hydrogen-bond acceptors (Lipinski definition) is 2. The molecule has 0 amide bonds. The number of nitrogens with two attached hydrogens (primary N) is 1. The number of pyridine rings is 1. The Bertz CT molecular complexity index is 317. The Hall–Kier alpha value is -0.370. The highest BCUT2D eigenvalue weighted by Gasteiger charge is 2.19. The summed E-state index contributed by atoms with van der Waals surface area (Å²) in [5.41, 5.74) is 4.60. The molecule has 0 radical (unpaired) electrons. The molecule has 2 nitrogen and oxygen atoms in total. The Labute approximate surface area is 86.5 Å². The maximum atomic E-state index is 12.9. The van der Waals surface area contributed by atoms with E-state index in [0.717, 1.165) is 6.20 Å². The summed E-state index contributed by atoms with van der Waals surface area (Å²) in [6, 6.07) is 0. The summed E-state index contributed by atoms with van der Waals surface area (Å²) in [5.74, 6) is -0.779. The number of aromatic nitrogens is 1. The first-order valence-electron chi connectivity index (χ1n) is 3.39. The standard InChI is InChI=1S/C7H6F3IN2/c8-4-2-13-7(11)5(6(9)10)3(4)1-12/h2,6H,1,12H2. The summed E-state index contributed by atoms with van der Waals surface area (Å²) in [6.07, 6.45) is -1.84. The van der Waals surface area contributed by atoms with Crippen molar-refractivity contribution < 1.29 is 13.2 Å². The van der Waals surface area contributed by atoms with Crippen molar-refractivity contribution in [2.45, 2.75) is 13.0 Å². The zero-order chi connectivity index (χ0) is 10.0. The molecule has 0 aliphatic carbocycles. The highest BCUT2D eigenvalue weighted by atomic mass is 127. The second-order valence-corrected chi connectivity index (χ2v) is 3.32. The van der Waals surface area contributed by atoms with Crippen LogP contribution in [0.1, 0.15) is 17.6 Å². The fraction of sp³-hybridized carbons (Fsp3) is 0.286. The van der Waals surface area contributed by atoms with Gasteiger partial charge in [0.05, 0.1) is 11.8 Å². The summed E-state index contributed by atoms with van der Waals surface area (Å²) < 4.78 is 37.8. The minimum absolute atomic E-state index is 0.0921. The van der Waals surface area contributed by atoms with Gasteiger partial charge in [0.1, 0.15) is 9.52 Å². The molecule has 0 spiro atoms. The van der Waals surface area contributed by atoms with Crippen molar-refractivity contribution in [3.05, 3.63) is 26.8 Å². The van der Waals surface area contributed by atoms with Crippen molar-refractivity contribution in [3.8, 4) is 0 Å². The topological polar surface area (TPSA) is 38.9 Å². The quantitative estimate of drug-likeness (QED) is 0.672. The zero-order valence-corrected chi connectivity index (χ0v) is 8.56. The van der Waals surface area contributed by atoms with Gasteiger partial charge in [0, 0.05) is 12.1 Å². The van der Waals surface area contributed by atoms with Crippen molar-refractivity contribution in [1.29, 1.82) is 0 Å². The van der Waals surface area contributed by atoms with Crippen LogP contribution in [-0.2, 0) is 6.54 Å². The molecule has 0 saturated heterocycles. The summed E-state index contributed by atoms with van der Waals surface area (Å²) in [5, 5.41) is 0. The van der Waals surface area contributed by atoms with Gasteiger partial charge in [-0.3, -0.25) is 0 Å². The lowest BCUT2D eigenvalue weighted by molar-refractivity contribution is 0.148. The Morgan fingerprint density at radius 1 is 1.54 bits per heavy atom. The van der Waals surface area contributed by atoms with E-state index in [1.807, 2.05) is 0 Å². The number of nitrogens with zero attached hydrogens (tertiary/aromatic N) is 1. The van der Waals surface area contributed by atoms with Crippen LogP contribution < -0.4 is 5.73 Å². The van der Waals surface area contributed by atoms with E-state index in [9.17, 15) is 13.2 Å². The Balaban J connectivity index is 3.35. The molecule has 1 rings (SSSR count). The van der Waals surface area contributed by atoms with E-state index in [2.05, 4.69) is 4.98 Å². The molecule has 0 fully saturated rings. The summed E-state index contributed by atoms with van der Waals surface area (Å²) in [4.78, 5) is 3.48. The van der Waals surface area contributed by atoms with Crippen molar-refractivity contribution in [3.63, 3.8) is 0 Å². The number of hydrogen-bond donors (Lipinski definition) is 1. The smallest absolute Gasteiger partial charge is 0.266 e. The van der Waals surface area contributed by atoms with Gasteiger partial charge in [0.2, 0.25) is 0 Å². The third-order valence-corrected chi connectivity index (χ3v) is 2.41. The van der Waals surface area contributed by atoms with Gasteiger partial charge in [0.15, 0.2) is 0 Å². The van der Waals surface area contributed by atoms with Crippen LogP contribution in [0.3, 0.4) is 0 Å². The molecule has 0 aromatic carbocycles. The molecule has 1 aromatic heterocycles. The van der Waals surface area contributed by atoms with Crippen LogP contribution in [0, 0.1) is 9.52 Å². The summed E-state index contributed by atoms with van der Waals surface area (Å²) in [6.45, 7) is -0.246. The zero-order valence-electron chi connectivity index (χ0n) is 6.40. The predicted octanol–water partition coefficient (Wildman–Crippen LogP) is 2.22. The van der Waals surface area contributed by atoms with Crippen LogP contribution in [0.25, 0.3) is 0 Å². The third kappa shape index (κ3) is 2.11. The van der Waals surface area contributed by atoms with Gasteiger partial charge in [0.25, 0.3) is 6.43 Å². The normalized spacial score (nSPS) is 10.9. The van der Waals surface area contributed by atoms with Crippen LogP contribution in [0.4, 0.5) is 13.2 Å². The fourth-order valence-corrected chi connectivity index (χ4v) is 1.64. The van der Waals surface area contributed by atoms with E-state index < -0.39 is 17.8 Å². The van der Waals surface area contributed by atoms with Crippen LogP contribution in [-0.4, -0.2) is 4.98 Å². The minimum atomic E-state index is -2.74. The number of rotatable bonds is 2. The molecule has 0 saturated carbocycles. The van der Waals surface area contributed by atoms with E-state index in [1.54, 1.807) is 22.6 Å². The van der Waals surface area contributed by atoms with Gasteiger partial charge in [-0.05, 0) is 22.6 Å². The molecule has 0 atom stereocenters. The molecular weight excluding hydrogens is 296 g/mol. The summed E-state index contributed by atoms with van der Waals surface area (Å²) in [7, 11) is 0. The average molecular weight is 302 g/mol. The second-order valence-electron chi connectivity index (χ2n) is 2.29. The first-order chi connectivity index (χ1) is 6.07. The van der Waals surface area contributed by atoms with E-state index in [-0.39, 0.29) is 15.8 Å². The van der Waals surface area contributed by atoms with Crippen molar-refractivity contribution in [2.24, 2.45) is 5.73 Å². The highest BCUT2D eigenvalue weighted by molar-refractivity contribution is 14.1. The van der Waals surface area contributed by atoms with Gasteiger partial charge in [-0.15, -0.1) is 0 Å². The molecule has 0 aliphatic rings. The molecule has 0 bridgehead atoms.